The Bertz CT molecular complexity index is 1180. The monoisotopic (exact) mass is 444 g/mol. The van der Waals surface area contributed by atoms with Gasteiger partial charge in [-0.2, -0.15) is 0 Å². The van der Waals surface area contributed by atoms with E-state index in [9.17, 15) is 18.0 Å². The average Bonchev–Trinajstić information content (AvgIpc) is 2.75. The van der Waals surface area contributed by atoms with Gasteiger partial charge in [-0.05, 0) is 66.7 Å². The van der Waals surface area contributed by atoms with E-state index in [1.165, 1.54) is 37.4 Å². The lowest BCUT2D eigenvalue weighted by molar-refractivity contribution is 0.0600. The number of amides is 1. The second-order valence-corrected chi connectivity index (χ2v) is 8.28. The zero-order valence-corrected chi connectivity index (χ0v) is 17.3. The number of ether oxygens (including phenoxy) is 1. The fourth-order valence-corrected chi connectivity index (χ4v) is 3.75. The maximum absolute atomic E-state index is 12.5. The number of carbonyl (C=O) groups is 2. The zero-order chi connectivity index (χ0) is 21.7. The van der Waals surface area contributed by atoms with Crippen molar-refractivity contribution in [3.8, 4) is 0 Å². The predicted octanol–water partition coefficient (Wildman–Crippen LogP) is 4.18. The van der Waals surface area contributed by atoms with Gasteiger partial charge in [-0.1, -0.05) is 17.7 Å². The average molecular weight is 445 g/mol. The molecule has 0 radical (unpaired) electrons. The minimum absolute atomic E-state index is 0.00156. The van der Waals surface area contributed by atoms with Crippen LogP contribution in [0.25, 0.3) is 0 Å². The third-order valence-electron chi connectivity index (χ3n) is 4.06. The SMILES string of the molecule is COC(=O)c1cccc(NC(=O)c2ccc(S(=O)(=O)Nc3ccc(Cl)cc3)cc2)c1. The summed E-state index contributed by atoms with van der Waals surface area (Å²) in [5.74, 6) is -0.972. The molecule has 0 saturated heterocycles. The molecule has 0 atom stereocenters. The maximum Gasteiger partial charge on any atom is 0.337 e. The van der Waals surface area contributed by atoms with Gasteiger partial charge in [-0.25, -0.2) is 13.2 Å². The van der Waals surface area contributed by atoms with Crippen molar-refractivity contribution in [2.24, 2.45) is 0 Å². The third-order valence-corrected chi connectivity index (χ3v) is 5.71. The number of benzene rings is 3. The molecule has 9 heteroatoms. The van der Waals surface area contributed by atoms with E-state index in [-0.39, 0.29) is 10.5 Å². The quantitative estimate of drug-likeness (QED) is 0.555. The van der Waals surface area contributed by atoms with Gasteiger partial charge in [-0.3, -0.25) is 9.52 Å². The molecule has 0 saturated carbocycles. The lowest BCUT2D eigenvalue weighted by Crippen LogP contribution is -2.15. The Morgan fingerprint density at radius 1 is 0.867 bits per heavy atom. The first-order valence-corrected chi connectivity index (χ1v) is 10.5. The molecule has 2 N–H and O–H groups in total. The molecule has 3 aromatic rings. The number of nitrogens with one attached hydrogen (secondary N) is 2. The van der Waals surface area contributed by atoms with Crippen LogP contribution in [0.3, 0.4) is 0 Å². The Labute approximate surface area is 178 Å². The number of rotatable bonds is 6. The van der Waals surface area contributed by atoms with Crippen molar-refractivity contribution in [3.63, 3.8) is 0 Å². The summed E-state index contributed by atoms with van der Waals surface area (Å²) in [6.07, 6.45) is 0. The number of hydrogen-bond acceptors (Lipinski definition) is 5. The highest BCUT2D eigenvalue weighted by Gasteiger charge is 2.16. The molecule has 154 valence electrons. The largest absolute Gasteiger partial charge is 0.465 e. The molecule has 0 heterocycles. The lowest BCUT2D eigenvalue weighted by atomic mass is 10.1. The summed E-state index contributed by atoms with van der Waals surface area (Å²) >= 11 is 5.80. The van der Waals surface area contributed by atoms with Gasteiger partial charge < -0.3 is 10.1 Å². The highest BCUT2D eigenvalue weighted by molar-refractivity contribution is 7.92. The van der Waals surface area contributed by atoms with Gasteiger partial charge in [-0.15, -0.1) is 0 Å². The molecule has 7 nitrogen and oxygen atoms in total. The van der Waals surface area contributed by atoms with Gasteiger partial charge in [0, 0.05) is 22.0 Å². The van der Waals surface area contributed by atoms with Crippen LogP contribution >= 0.6 is 11.6 Å². The summed E-state index contributed by atoms with van der Waals surface area (Å²) in [5.41, 5.74) is 1.32. The first-order valence-electron chi connectivity index (χ1n) is 8.67. The first-order chi connectivity index (χ1) is 14.3. The van der Waals surface area contributed by atoms with Gasteiger partial charge in [0.15, 0.2) is 0 Å². The van der Waals surface area contributed by atoms with Crippen LogP contribution in [0.4, 0.5) is 11.4 Å². The molecule has 0 fully saturated rings. The van der Waals surface area contributed by atoms with E-state index in [2.05, 4.69) is 14.8 Å². The fraction of sp³-hybridized carbons (Fsp3) is 0.0476. The van der Waals surface area contributed by atoms with Crippen molar-refractivity contribution >= 4 is 44.9 Å². The number of carbonyl (C=O) groups excluding carboxylic acids is 2. The van der Waals surface area contributed by atoms with Crippen LogP contribution in [0.5, 0.6) is 0 Å². The summed E-state index contributed by atoms with van der Waals surface area (Å²) in [6.45, 7) is 0. The second-order valence-electron chi connectivity index (χ2n) is 6.16. The molecule has 3 rings (SSSR count). The number of anilines is 2. The van der Waals surface area contributed by atoms with Crippen LogP contribution in [-0.4, -0.2) is 27.4 Å². The van der Waals surface area contributed by atoms with E-state index >= 15 is 0 Å². The molecular weight excluding hydrogens is 428 g/mol. The summed E-state index contributed by atoms with van der Waals surface area (Å²) in [4.78, 5) is 24.0. The van der Waals surface area contributed by atoms with Crippen LogP contribution in [0.15, 0.2) is 77.7 Å². The van der Waals surface area contributed by atoms with Crippen molar-refractivity contribution in [2.45, 2.75) is 4.90 Å². The second kappa shape index (κ2) is 8.98. The van der Waals surface area contributed by atoms with E-state index in [1.807, 2.05) is 0 Å². The topological polar surface area (TPSA) is 102 Å². The van der Waals surface area contributed by atoms with Crippen LogP contribution in [0.2, 0.25) is 5.02 Å². The summed E-state index contributed by atoms with van der Waals surface area (Å²) in [6, 6.07) is 18.0. The molecule has 30 heavy (non-hydrogen) atoms. The molecule has 0 aliphatic heterocycles. The van der Waals surface area contributed by atoms with Crippen molar-refractivity contribution in [3.05, 3.63) is 88.9 Å². The molecule has 3 aromatic carbocycles. The lowest BCUT2D eigenvalue weighted by Gasteiger charge is -2.10. The number of halogens is 1. The molecule has 1 amide bonds. The summed E-state index contributed by atoms with van der Waals surface area (Å²) < 4.78 is 32.1. The first kappa shape index (κ1) is 21.4. The summed E-state index contributed by atoms with van der Waals surface area (Å²) in [7, 11) is -2.55. The molecule has 0 spiro atoms. The number of esters is 1. The van der Waals surface area contributed by atoms with E-state index < -0.39 is 21.9 Å². The zero-order valence-electron chi connectivity index (χ0n) is 15.8. The highest BCUT2D eigenvalue weighted by atomic mass is 35.5. The van der Waals surface area contributed by atoms with Crippen LogP contribution in [-0.2, 0) is 14.8 Å². The standard InChI is InChI=1S/C21H17ClN2O5S/c1-29-21(26)15-3-2-4-18(13-15)23-20(25)14-5-11-19(12-6-14)30(27,28)24-17-9-7-16(22)8-10-17/h2-13,24H,1H3,(H,23,25). The van der Waals surface area contributed by atoms with Gasteiger partial charge in [0.2, 0.25) is 0 Å². The Hall–Kier alpha value is -3.36. The van der Waals surface area contributed by atoms with Crippen molar-refractivity contribution < 1.29 is 22.7 Å². The molecule has 0 aromatic heterocycles. The van der Waals surface area contributed by atoms with Gasteiger partial charge in [0.05, 0.1) is 17.6 Å². The van der Waals surface area contributed by atoms with Crippen molar-refractivity contribution in [1.29, 1.82) is 0 Å². The maximum atomic E-state index is 12.5. The Kier molecular flexibility index (Phi) is 6.39. The third kappa shape index (κ3) is 5.16. The summed E-state index contributed by atoms with van der Waals surface area (Å²) in [5, 5.41) is 3.15. The Morgan fingerprint density at radius 2 is 1.53 bits per heavy atom. The van der Waals surface area contributed by atoms with Gasteiger partial charge in [0.1, 0.15) is 0 Å². The minimum atomic E-state index is -3.82. The van der Waals surface area contributed by atoms with Crippen LogP contribution in [0, 0.1) is 0 Å². The van der Waals surface area contributed by atoms with Crippen LogP contribution < -0.4 is 10.0 Å². The van der Waals surface area contributed by atoms with Crippen LogP contribution in [0.1, 0.15) is 20.7 Å². The smallest absolute Gasteiger partial charge is 0.337 e. The Balaban J connectivity index is 1.72. The van der Waals surface area contributed by atoms with Gasteiger partial charge >= 0.3 is 5.97 Å². The number of sulfonamides is 1. The normalized spacial score (nSPS) is 10.9. The number of hydrogen-bond donors (Lipinski definition) is 2. The van der Waals surface area contributed by atoms with E-state index in [1.54, 1.807) is 42.5 Å². The van der Waals surface area contributed by atoms with E-state index in [0.717, 1.165) is 0 Å². The minimum Gasteiger partial charge on any atom is -0.465 e. The molecule has 0 aliphatic rings. The predicted molar refractivity (Wildman–Crippen MR) is 114 cm³/mol. The number of methoxy groups -OCH3 is 1. The molecular formula is C21H17ClN2O5S. The molecule has 0 unspecified atom stereocenters. The van der Waals surface area contributed by atoms with Gasteiger partial charge in [0.25, 0.3) is 15.9 Å². The molecule has 0 bridgehead atoms. The van der Waals surface area contributed by atoms with E-state index in [0.29, 0.717) is 22.0 Å². The van der Waals surface area contributed by atoms with Crippen molar-refractivity contribution in [2.75, 3.05) is 17.1 Å². The fourth-order valence-electron chi connectivity index (χ4n) is 2.56. The van der Waals surface area contributed by atoms with E-state index in [4.69, 9.17) is 11.6 Å². The Morgan fingerprint density at radius 3 is 2.17 bits per heavy atom. The molecule has 0 aliphatic carbocycles. The van der Waals surface area contributed by atoms with Crippen molar-refractivity contribution in [1.82, 2.24) is 0 Å². The highest BCUT2D eigenvalue weighted by Crippen LogP contribution is 2.19.